The van der Waals surface area contributed by atoms with E-state index in [0.717, 1.165) is 23.5 Å². The number of aryl methyl sites for hydroxylation is 1. The lowest BCUT2D eigenvalue weighted by Gasteiger charge is -2.09. The highest BCUT2D eigenvalue weighted by atomic mass is 15.1. The van der Waals surface area contributed by atoms with E-state index in [2.05, 4.69) is 40.7 Å². The summed E-state index contributed by atoms with van der Waals surface area (Å²) in [6, 6.07) is 8.39. The molecular weight excluding hydrogens is 198 g/mol. The first kappa shape index (κ1) is 10.9. The minimum atomic E-state index is 0.0856. The van der Waals surface area contributed by atoms with Crippen LogP contribution in [0.25, 0.3) is 5.69 Å². The van der Waals surface area contributed by atoms with Gasteiger partial charge in [-0.25, -0.2) is 4.98 Å². The third-order valence-corrected chi connectivity index (χ3v) is 2.73. The second-order valence-electron chi connectivity index (χ2n) is 3.95. The van der Waals surface area contributed by atoms with Crippen molar-refractivity contribution in [1.82, 2.24) is 9.55 Å². The zero-order valence-electron chi connectivity index (χ0n) is 9.72. The Morgan fingerprint density at radius 2 is 2.00 bits per heavy atom. The van der Waals surface area contributed by atoms with Crippen LogP contribution in [0.3, 0.4) is 0 Å². The van der Waals surface area contributed by atoms with E-state index < -0.39 is 0 Å². The van der Waals surface area contributed by atoms with Crippen molar-refractivity contribution in [2.45, 2.75) is 26.3 Å². The Morgan fingerprint density at radius 1 is 1.31 bits per heavy atom. The Kier molecular flexibility index (Phi) is 3.06. The highest BCUT2D eigenvalue weighted by Gasteiger charge is 2.03. The lowest BCUT2D eigenvalue weighted by atomic mass is 10.1. The Balaban J connectivity index is 2.35. The molecule has 84 valence electrons. The fraction of sp³-hybridized carbons (Fsp3) is 0.308. The molecule has 1 aromatic carbocycles. The van der Waals surface area contributed by atoms with Crippen molar-refractivity contribution in [1.29, 1.82) is 0 Å². The summed E-state index contributed by atoms with van der Waals surface area (Å²) < 4.78 is 2.10. The summed E-state index contributed by atoms with van der Waals surface area (Å²) in [5.41, 5.74) is 8.11. The molecule has 2 aromatic rings. The lowest BCUT2D eigenvalue weighted by molar-refractivity contribution is 0.816. The van der Waals surface area contributed by atoms with Gasteiger partial charge in [-0.15, -0.1) is 0 Å². The van der Waals surface area contributed by atoms with Gasteiger partial charge in [0.25, 0.3) is 0 Å². The molecule has 0 aliphatic carbocycles. The van der Waals surface area contributed by atoms with E-state index >= 15 is 0 Å². The van der Waals surface area contributed by atoms with Gasteiger partial charge in [-0.05, 0) is 24.6 Å². The van der Waals surface area contributed by atoms with Crippen LogP contribution in [0.1, 0.15) is 31.3 Å². The molecule has 1 aromatic heterocycles. The van der Waals surface area contributed by atoms with Gasteiger partial charge in [-0.2, -0.15) is 0 Å². The summed E-state index contributed by atoms with van der Waals surface area (Å²) in [4.78, 5) is 4.31. The lowest BCUT2D eigenvalue weighted by Crippen LogP contribution is -2.05. The summed E-state index contributed by atoms with van der Waals surface area (Å²) in [6.07, 6.45) is 4.75. The molecule has 1 atom stereocenters. The number of hydrogen-bond donors (Lipinski definition) is 1. The van der Waals surface area contributed by atoms with E-state index in [1.165, 1.54) is 0 Å². The maximum atomic E-state index is 5.82. The number of aromatic nitrogens is 2. The number of nitrogens with two attached hydrogens (primary N) is 1. The van der Waals surface area contributed by atoms with Crippen LogP contribution in [0.15, 0.2) is 36.7 Å². The molecule has 1 heterocycles. The molecule has 2 rings (SSSR count). The average Bonchev–Trinajstić information content (AvgIpc) is 2.77. The van der Waals surface area contributed by atoms with Crippen LogP contribution in [0.5, 0.6) is 0 Å². The summed E-state index contributed by atoms with van der Waals surface area (Å²) in [6.45, 7) is 4.10. The molecule has 0 aliphatic rings. The molecule has 0 radical (unpaired) electrons. The van der Waals surface area contributed by atoms with E-state index in [0.29, 0.717) is 0 Å². The number of nitrogens with zero attached hydrogens (tertiary/aromatic N) is 2. The molecular formula is C13H17N3. The topological polar surface area (TPSA) is 43.8 Å². The number of benzene rings is 1. The summed E-state index contributed by atoms with van der Waals surface area (Å²) in [7, 11) is 0. The average molecular weight is 215 g/mol. The first-order valence-corrected chi connectivity index (χ1v) is 5.60. The van der Waals surface area contributed by atoms with Gasteiger partial charge in [-0.3, -0.25) is 0 Å². The van der Waals surface area contributed by atoms with Crippen molar-refractivity contribution in [3.63, 3.8) is 0 Å². The predicted molar refractivity (Wildman–Crippen MR) is 65.5 cm³/mol. The highest BCUT2D eigenvalue weighted by Crippen LogP contribution is 2.15. The van der Waals surface area contributed by atoms with Crippen LogP contribution >= 0.6 is 0 Å². The van der Waals surface area contributed by atoms with Crippen LogP contribution in [0.4, 0.5) is 0 Å². The fourth-order valence-corrected chi connectivity index (χ4v) is 1.77. The van der Waals surface area contributed by atoms with E-state index in [1.807, 2.05) is 19.3 Å². The SMILES string of the molecule is CCc1nccn1-c1ccc([C@H](C)N)cc1. The Hall–Kier alpha value is -1.61. The second-order valence-corrected chi connectivity index (χ2v) is 3.95. The largest absolute Gasteiger partial charge is 0.324 e. The van der Waals surface area contributed by atoms with Crippen LogP contribution in [-0.2, 0) is 6.42 Å². The van der Waals surface area contributed by atoms with Crippen LogP contribution in [-0.4, -0.2) is 9.55 Å². The number of hydrogen-bond acceptors (Lipinski definition) is 2. The quantitative estimate of drug-likeness (QED) is 0.854. The van der Waals surface area contributed by atoms with Gasteiger partial charge in [-0.1, -0.05) is 19.1 Å². The summed E-state index contributed by atoms with van der Waals surface area (Å²) in [5, 5.41) is 0. The molecule has 16 heavy (non-hydrogen) atoms. The molecule has 2 N–H and O–H groups in total. The second kappa shape index (κ2) is 4.49. The zero-order valence-corrected chi connectivity index (χ0v) is 9.72. The zero-order chi connectivity index (χ0) is 11.5. The third-order valence-electron chi connectivity index (χ3n) is 2.73. The van der Waals surface area contributed by atoms with Crippen molar-refractivity contribution in [3.8, 4) is 5.69 Å². The van der Waals surface area contributed by atoms with Crippen molar-refractivity contribution in [2.24, 2.45) is 5.73 Å². The maximum absolute atomic E-state index is 5.82. The van der Waals surface area contributed by atoms with E-state index in [1.54, 1.807) is 0 Å². The molecule has 0 unspecified atom stereocenters. The van der Waals surface area contributed by atoms with Crippen molar-refractivity contribution >= 4 is 0 Å². The minimum Gasteiger partial charge on any atom is -0.324 e. The first-order chi connectivity index (χ1) is 7.72. The van der Waals surface area contributed by atoms with Gasteiger partial charge < -0.3 is 10.3 Å². The van der Waals surface area contributed by atoms with E-state index in [-0.39, 0.29) is 6.04 Å². The van der Waals surface area contributed by atoms with E-state index in [9.17, 15) is 0 Å². The fourth-order valence-electron chi connectivity index (χ4n) is 1.77. The predicted octanol–water partition coefficient (Wildman–Crippen LogP) is 2.45. The van der Waals surface area contributed by atoms with Gasteiger partial charge in [0.15, 0.2) is 0 Å². The normalized spacial score (nSPS) is 12.7. The minimum absolute atomic E-state index is 0.0856. The van der Waals surface area contributed by atoms with Gasteiger partial charge >= 0.3 is 0 Å². The third kappa shape index (κ3) is 1.99. The molecule has 0 aliphatic heterocycles. The standard InChI is InChI=1S/C13H17N3/c1-3-13-15-8-9-16(13)12-6-4-11(5-7-12)10(2)14/h4-10H,3,14H2,1-2H3/t10-/m0/s1. The Bertz CT molecular complexity index is 454. The van der Waals surface area contributed by atoms with Crippen LogP contribution in [0, 0.1) is 0 Å². The molecule has 0 fully saturated rings. The van der Waals surface area contributed by atoms with Gasteiger partial charge in [0.05, 0.1) is 0 Å². The molecule has 0 spiro atoms. The molecule has 3 nitrogen and oxygen atoms in total. The molecule has 0 saturated heterocycles. The molecule has 0 bridgehead atoms. The summed E-state index contributed by atoms with van der Waals surface area (Å²) in [5.74, 6) is 1.08. The van der Waals surface area contributed by atoms with Gasteiger partial charge in [0.2, 0.25) is 0 Å². The smallest absolute Gasteiger partial charge is 0.112 e. The van der Waals surface area contributed by atoms with Crippen molar-refractivity contribution in [3.05, 3.63) is 48.0 Å². The van der Waals surface area contributed by atoms with Crippen molar-refractivity contribution < 1.29 is 0 Å². The first-order valence-electron chi connectivity index (χ1n) is 5.60. The summed E-state index contributed by atoms with van der Waals surface area (Å²) >= 11 is 0. The molecule has 3 heteroatoms. The van der Waals surface area contributed by atoms with Gasteiger partial charge in [0.1, 0.15) is 5.82 Å². The Morgan fingerprint density at radius 3 is 2.56 bits per heavy atom. The molecule has 0 saturated carbocycles. The monoisotopic (exact) mass is 215 g/mol. The maximum Gasteiger partial charge on any atom is 0.112 e. The number of rotatable bonds is 3. The Labute approximate surface area is 95.9 Å². The van der Waals surface area contributed by atoms with E-state index in [4.69, 9.17) is 5.73 Å². The van der Waals surface area contributed by atoms with Gasteiger partial charge in [0, 0.05) is 30.5 Å². The van der Waals surface area contributed by atoms with Crippen LogP contribution in [0.2, 0.25) is 0 Å². The highest BCUT2D eigenvalue weighted by molar-refractivity contribution is 5.36. The molecule has 0 amide bonds. The number of imidazole rings is 1. The van der Waals surface area contributed by atoms with Crippen LogP contribution < -0.4 is 5.73 Å². The van der Waals surface area contributed by atoms with Crippen molar-refractivity contribution in [2.75, 3.05) is 0 Å².